The fraction of sp³-hybridized carbons (Fsp3) is 0.750. The van der Waals surface area contributed by atoms with Gasteiger partial charge in [0.15, 0.2) is 0 Å². The van der Waals surface area contributed by atoms with Gasteiger partial charge in [0, 0.05) is 12.8 Å². The molecule has 8 heavy (non-hydrogen) atoms. The second kappa shape index (κ2) is 7.53. The molecule has 0 aliphatic heterocycles. The quantitative estimate of drug-likeness (QED) is 0.405. The normalized spacial score (nSPS) is 8.38. The average molecular weight is 132 g/mol. The van der Waals surface area contributed by atoms with Gasteiger partial charge in [-0.2, -0.15) is 0 Å². The fourth-order valence-electron chi connectivity index (χ4n) is 0.194. The van der Waals surface area contributed by atoms with Crippen molar-refractivity contribution in [3.63, 3.8) is 0 Å². The van der Waals surface area contributed by atoms with E-state index >= 15 is 0 Å². The Hall–Kier alpha value is 0.530. The van der Waals surface area contributed by atoms with Gasteiger partial charge in [0.25, 0.3) is 0 Å². The van der Waals surface area contributed by atoms with Crippen LogP contribution in [0.4, 0.5) is 8.78 Å². The first-order valence-corrected chi connectivity index (χ1v) is 1.99. The average Bonchev–Trinajstić information content (AvgIpc) is 1.61. The Labute approximate surface area is 68.7 Å². The zero-order valence-corrected chi connectivity index (χ0v) is 3.73. The molecule has 0 heterocycles. The summed E-state index contributed by atoms with van der Waals surface area (Å²) in [6.07, 6.45) is -2.17. The minimum atomic E-state index is -2.33. The summed E-state index contributed by atoms with van der Waals surface area (Å²) in [5.74, 6) is 0. The molecule has 0 aliphatic rings. The molecule has 0 rings (SSSR count). The van der Waals surface area contributed by atoms with Gasteiger partial charge in [-0.25, -0.2) is 8.78 Å². The second-order valence-corrected chi connectivity index (χ2v) is 1.14. The number of carbonyl (C=O) groups excluding carboxylic acids is 1. The Morgan fingerprint density at radius 1 is 1.50 bits per heavy atom. The van der Waals surface area contributed by atoms with Gasteiger partial charge in [-0.3, -0.25) is 0 Å². The van der Waals surface area contributed by atoms with E-state index in [1.807, 2.05) is 0 Å². The maximum atomic E-state index is 11.1. The molecule has 0 spiro atoms. The first-order valence-electron chi connectivity index (χ1n) is 1.99. The summed E-state index contributed by atoms with van der Waals surface area (Å²) < 4.78 is 22.1. The van der Waals surface area contributed by atoms with Crippen LogP contribution in [0, 0.1) is 0 Å². The second-order valence-electron chi connectivity index (χ2n) is 1.14. The van der Waals surface area contributed by atoms with E-state index in [2.05, 4.69) is 0 Å². The van der Waals surface area contributed by atoms with Gasteiger partial charge in [0.2, 0.25) is 6.43 Å². The van der Waals surface area contributed by atoms with Crippen LogP contribution in [0.15, 0.2) is 0 Å². The van der Waals surface area contributed by atoms with Crippen molar-refractivity contribution in [1.82, 2.24) is 0 Å². The third kappa shape index (κ3) is 9.73. The van der Waals surface area contributed by atoms with E-state index in [1.54, 1.807) is 0 Å². The molecule has 44 valence electrons. The Morgan fingerprint density at radius 2 is 2.00 bits per heavy atom. The molecule has 4 heteroatoms. The monoisotopic (exact) mass is 132 g/mol. The van der Waals surface area contributed by atoms with Crippen molar-refractivity contribution < 1.29 is 13.6 Å². The summed E-state index contributed by atoms with van der Waals surface area (Å²) in [7, 11) is 0. The summed E-state index contributed by atoms with van der Waals surface area (Å²) in [6, 6.07) is 0. The van der Waals surface area contributed by atoms with E-state index in [-0.39, 0.29) is 42.4 Å². The van der Waals surface area contributed by atoms with Gasteiger partial charge in [0.1, 0.15) is 6.29 Å². The fourth-order valence-corrected chi connectivity index (χ4v) is 0.194. The molecule has 1 nitrogen and oxygen atoms in total. The van der Waals surface area contributed by atoms with Crippen molar-refractivity contribution >= 4 is 35.8 Å². The molecule has 0 aromatic carbocycles. The van der Waals surface area contributed by atoms with Gasteiger partial charge in [0.05, 0.1) is 0 Å². The van der Waals surface area contributed by atoms with Crippen LogP contribution in [0.1, 0.15) is 12.8 Å². The molecule has 0 radical (unpaired) electrons. The Bertz CT molecular complexity index is 58.0. The van der Waals surface area contributed by atoms with Crippen LogP contribution in [0.3, 0.4) is 0 Å². The van der Waals surface area contributed by atoms with E-state index in [9.17, 15) is 13.6 Å². The van der Waals surface area contributed by atoms with Crippen molar-refractivity contribution in [2.75, 3.05) is 0 Å². The number of rotatable bonds is 3. The van der Waals surface area contributed by atoms with Gasteiger partial charge in [-0.15, -0.1) is 0 Å². The Kier molecular flexibility index (Phi) is 10.7. The third-order valence-electron chi connectivity index (χ3n) is 0.503. The first kappa shape index (κ1) is 11.3. The van der Waals surface area contributed by atoms with Crippen LogP contribution < -0.4 is 0 Å². The van der Waals surface area contributed by atoms with Crippen LogP contribution in [0.2, 0.25) is 0 Å². The Balaban J connectivity index is 0. The molecule has 0 saturated carbocycles. The molecule has 0 fully saturated rings. The van der Waals surface area contributed by atoms with Crippen LogP contribution in [0.5, 0.6) is 0 Å². The van der Waals surface area contributed by atoms with Crippen molar-refractivity contribution in [1.29, 1.82) is 0 Å². The van der Waals surface area contributed by atoms with Crippen LogP contribution in [-0.4, -0.2) is 42.3 Å². The number of alkyl halides is 2. The zero-order chi connectivity index (χ0) is 5.70. The predicted molar refractivity (Wildman–Crippen MR) is 28.5 cm³/mol. The van der Waals surface area contributed by atoms with E-state index in [1.165, 1.54) is 0 Å². The standard InChI is InChI=1S/C4H6F2O.Na.H/c5-4(6)2-1-3-7;;/h3-4H,1-2H2;;. The molecule has 0 aromatic heterocycles. The van der Waals surface area contributed by atoms with Gasteiger partial charge in [-0.05, 0) is 0 Å². The summed E-state index contributed by atoms with van der Waals surface area (Å²) in [5.41, 5.74) is 0. The molecule has 0 atom stereocenters. The SMILES string of the molecule is O=CCCC(F)F.[NaH]. The number of hydrogen-bond donors (Lipinski definition) is 0. The summed E-state index contributed by atoms with van der Waals surface area (Å²) in [6.45, 7) is 0. The first-order chi connectivity index (χ1) is 3.27. The molecule has 0 aromatic rings. The molecule has 0 bridgehead atoms. The van der Waals surface area contributed by atoms with Gasteiger partial charge >= 0.3 is 29.6 Å². The molecule has 0 unspecified atom stereocenters. The molecule has 0 amide bonds. The predicted octanol–water partition coefficient (Wildman–Crippen LogP) is 0.582. The van der Waals surface area contributed by atoms with Crippen molar-refractivity contribution in [2.24, 2.45) is 0 Å². The van der Waals surface area contributed by atoms with Gasteiger partial charge < -0.3 is 4.79 Å². The maximum absolute atomic E-state index is 11.1. The van der Waals surface area contributed by atoms with Crippen molar-refractivity contribution in [2.45, 2.75) is 19.3 Å². The molecule has 0 saturated heterocycles. The van der Waals surface area contributed by atoms with E-state index in [0.29, 0.717) is 6.29 Å². The van der Waals surface area contributed by atoms with Crippen molar-refractivity contribution in [3.05, 3.63) is 0 Å². The summed E-state index contributed by atoms with van der Waals surface area (Å²) >= 11 is 0. The van der Waals surface area contributed by atoms with Crippen LogP contribution in [0.25, 0.3) is 0 Å². The zero-order valence-electron chi connectivity index (χ0n) is 3.73. The molecular formula is C4H7F2NaO. The van der Waals surface area contributed by atoms with Crippen molar-refractivity contribution in [3.8, 4) is 0 Å². The number of halogens is 2. The van der Waals surface area contributed by atoms with Gasteiger partial charge in [-0.1, -0.05) is 0 Å². The number of carbonyl (C=O) groups is 1. The number of aldehydes is 1. The van der Waals surface area contributed by atoms with Crippen LogP contribution in [-0.2, 0) is 4.79 Å². The third-order valence-corrected chi connectivity index (χ3v) is 0.503. The van der Waals surface area contributed by atoms with E-state index in [4.69, 9.17) is 0 Å². The summed E-state index contributed by atoms with van der Waals surface area (Å²) in [5, 5.41) is 0. The molecule has 0 aliphatic carbocycles. The van der Waals surface area contributed by atoms with E-state index in [0.717, 1.165) is 0 Å². The topological polar surface area (TPSA) is 17.1 Å². The minimum absolute atomic E-state index is 0. The van der Waals surface area contributed by atoms with Crippen LogP contribution >= 0.6 is 0 Å². The Morgan fingerprint density at radius 3 is 2.12 bits per heavy atom. The number of hydrogen-bond acceptors (Lipinski definition) is 1. The molecular weight excluding hydrogens is 125 g/mol. The summed E-state index contributed by atoms with van der Waals surface area (Å²) in [4.78, 5) is 9.38. The van der Waals surface area contributed by atoms with E-state index < -0.39 is 6.43 Å². The molecule has 0 N–H and O–H groups in total.